The van der Waals surface area contributed by atoms with Crippen molar-refractivity contribution in [3.8, 4) is 5.75 Å². The number of carboxylic acids is 1. The maximum Gasteiger partial charge on any atom is 0.339 e. The van der Waals surface area contributed by atoms with Gasteiger partial charge in [0.05, 0.1) is 0 Å². The lowest BCUT2D eigenvalue weighted by Gasteiger charge is -2.26. The number of primary sulfonamides is 1. The predicted molar refractivity (Wildman–Crippen MR) is 64.0 cm³/mol. The quantitative estimate of drug-likeness (QED) is 0.820. The van der Waals surface area contributed by atoms with Gasteiger partial charge in [-0.25, -0.2) is 18.4 Å². The molecule has 2 rings (SSSR count). The number of nitrogens with two attached hydrogens (primary N) is 1. The number of rotatable bonds is 2. The maximum absolute atomic E-state index is 11.2. The van der Waals surface area contributed by atoms with E-state index in [2.05, 4.69) is 0 Å². The molecule has 0 radical (unpaired) electrons. The summed E-state index contributed by atoms with van der Waals surface area (Å²) in [5.74, 6) is -1.04. The number of sulfonamides is 1. The standard InChI is InChI=1S/C11H13NO5S/c1-6-4-7-2-3-9(18(12,15)16)17-10(7)8(5-6)11(13)14/h4-5,9H,2-3H2,1H3,(H,13,14)(H2,12,15,16). The number of fused-ring (bicyclic) bond motifs is 1. The number of hydrogen-bond donors (Lipinski definition) is 2. The molecule has 0 spiro atoms. The van der Waals surface area contributed by atoms with Crippen molar-refractivity contribution < 1.29 is 23.1 Å². The fourth-order valence-electron chi connectivity index (χ4n) is 2.03. The predicted octanol–water partition coefficient (Wildman–Crippen LogP) is 0.633. The van der Waals surface area contributed by atoms with E-state index >= 15 is 0 Å². The highest BCUT2D eigenvalue weighted by Gasteiger charge is 2.31. The Kier molecular flexibility index (Phi) is 3.04. The normalized spacial score (nSPS) is 18.9. The SMILES string of the molecule is Cc1cc2c(c(C(=O)O)c1)OC(S(N)(=O)=O)CC2. The van der Waals surface area contributed by atoms with Gasteiger partial charge in [-0.3, -0.25) is 0 Å². The highest BCUT2D eigenvalue weighted by Crippen LogP contribution is 2.33. The van der Waals surface area contributed by atoms with E-state index in [0.717, 1.165) is 5.56 Å². The fourth-order valence-corrected chi connectivity index (χ4v) is 2.70. The van der Waals surface area contributed by atoms with Gasteiger partial charge in [-0.2, -0.15) is 0 Å². The van der Waals surface area contributed by atoms with Crippen molar-refractivity contribution in [3.05, 3.63) is 28.8 Å². The Bertz CT molecular complexity index is 608. The third kappa shape index (κ3) is 2.32. The molecule has 1 heterocycles. The van der Waals surface area contributed by atoms with Crippen LogP contribution < -0.4 is 9.88 Å². The minimum atomic E-state index is -3.84. The van der Waals surface area contributed by atoms with Gasteiger partial charge in [-0.1, -0.05) is 6.07 Å². The average Bonchev–Trinajstić information content (AvgIpc) is 2.25. The van der Waals surface area contributed by atoms with Crippen molar-refractivity contribution in [2.45, 2.75) is 25.2 Å². The van der Waals surface area contributed by atoms with Crippen LogP contribution in [-0.2, 0) is 16.4 Å². The van der Waals surface area contributed by atoms with Crippen LogP contribution in [0.2, 0.25) is 0 Å². The number of carbonyl (C=O) groups is 1. The van der Waals surface area contributed by atoms with Gasteiger partial charge in [0.25, 0.3) is 0 Å². The van der Waals surface area contributed by atoms with Crippen molar-refractivity contribution in [2.75, 3.05) is 0 Å². The third-order valence-corrected chi connectivity index (χ3v) is 3.87. The summed E-state index contributed by atoms with van der Waals surface area (Å²) in [4.78, 5) is 11.1. The van der Waals surface area contributed by atoms with Crippen molar-refractivity contribution in [1.82, 2.24) is 0 Å². The van der Waals surface area contributed by atoms with Crippen LogP contribution in [-0.4, -0.2) is 24.9 Å². The number of aromatic carboxylic acids is 1. The second-order valence-electron chi connectivity index (χ2n) is 4.28. The highest BCUT2D eigenvalue weighted by atomic mass is 32.2. The molecule has 18 heavy (non-hydrogen) atoms. The molecule has 0 saturated heterocycles. The van der Waals surface area contributed by atoms with Gasteiger partial charge in [0.2, 0.25) is 15.5 Å². The van der Waals surface area contributed by atoms with Crippen molar-refractivity contribution in [3.63, 3.8) is 0 Å². The van der Waals surface area contributed by atoms with E-state index in [1.807, 2.05) is 0 Å². The van der Waals surface area contributed by atoms with E-state index in [0.29, 0.717) is 12.0 Å². The topological polar surface area (TPSA) is 107 Å². The molecular weight excluding hydrogens is 258 g/mol. The molecule has 0 fully saturated rings. The molecule has 1 unspecified atom stereocenters. The zero-order valence-electron chi connectivity index (χ0n) is 9.71. The number of ether oxygens (including phenoxy) is 1. The maximum atomic E-state index is 11.2. The molecule has 1 aliphatic rings. The van der Waals surface area contributed by atoms with Gasteiger partial charge in [0.15, 0.2) is 0 Å². The first-order valence-electron chi connectivity index (χ1n) is 5.34. The van der Waals surface area contributed by atoms with Gasteiger partial charge in [-0.15, -0.1) is 0 Å². The first-order valence-corrected chi connectivity index (χ1v) is 6.95. The zero-order valence-corrected chi connectivity index (χ0v) is 10.5. The Balaban J connectivity index is 2.51. The summed E-state index contributed by atoms with van der Waals surface area (Å²) in [6, 6.07) is 3.24. The number of aryl methyl sites for hydroxylation is 2. The molecular formula is C11H13NO5S. The van der Waals surface area contributed by atoms with Crippen molar-refractivity contribution in [2.24, 2.45) is 5.14 Å². The van der Waals surface area contributed by atoms with E-state index in [9.17, 15) is 13.2 Å². The lowest BCUT2D eigenvalue weighted by atomic mass is 9.99. The first-order chi connectivity index (χ1) is 8.29. The average molecular weight is 271 g/mol. The summed E-state index contributed by atoms with van der Waals surface area (Å²) in [5, 5.41) is 14.1. The zero-order chi connectivity index (χ0) is 13.5. The smallest absolute Gasteiger partial charge is 0.339 e. The van der Waals surface area contributed by atoms with Gasteiger partial charge < -0.3 is 9.84 Å². The van der Waals surface area contributed by atoms with Crippen LogP contribution in [0, 0.1) is 6.92 Å². The molecule has 3 N–H and O–H groups in total. The summed E-state index contributed by atoms with van der Waals surface area (Å²) in [6.45, 7) is 1.78. The molecule has 7 heteroatoms. The molecule has 0 aromatic heterocycles. The van der Waals surface area contributed by atoms with Crippen LogP contribution in [0.25, 0.3) is 0 Å². The van der Waals surface area contributed by atoms with E-state index in [1.165, 1.54) is 6.07 Å². The lowest BCUT2D eigenvalue weighted by Crippen LogP contribution is -2.36. The third-order valence-electron chi connectivity index (χ3n) is 2.81. The number of carboxylic acid groups (broad SMARTS) is 1. The van der Waals surface area contributed by atoms with Crippen LogP contribution in [0.5, 0.6) is 5.75 Å². The Morgan fingerprint density at radius 3 is 2.72 bits per heavy atom. The molecule has 1 aromatic rings. The summed E-state index contributed by atoms with van der Waals surface area (Å²) < 4.78 is 27.7. The summed E-state index contributed by atoms with van der Waals surface area (Å²) in [5.41, 5.74) is 0.292. The second kappa shape index (κ2) is 4.25. The molecule has 6 nitrogen and oxygen atoms in total. The molecule has 1 atom stereocenters. The highest BCUT2D eigenvalue weighted by molar-refractivity contribution is 7.89. The van der Waals surface area contributed by atoms with E-state index in [1.54, 1.807) is 13.0 Å². The Morgan fingerprint density at radius 1 is 1.50 bits per heavy atom. The van der Waals surface area contributed by atoms with E-state index in [4.69, 9.17) is 15.0 Å². The van der Waals surface area contributed by atoms with Crippen LogP contribution in [0.1, 0.15) is 27.9 Å². The second-order valence-corrected chi connectivity index (χ2v) is 5.98. The fraction of sp³-hybridized carbons (Fsp3) is 0.364. The Labute approximate surface area is 104 Å². The molecule has 1 aromatic carbocycles. The summed E-state index contributed by atoms with van der Waals surface area (Å²) >= 11 is 0. The minimum Gasteiger partial charge on any atom is -0.478 e. The van der Waals surface area contributed by atoms with Crippen LogP contribution in [0.15, 0.2) is 12.1 Å². The van der Waals surface area contributed by atoms with Gasteiger partial charge >= 0.3 is 5.97 Å². The molecule has 0 aliphatic carbocycles. The van der Waals surface area contributed by atoms with E-state index < -0.39 is 21.4 Å². The van der Waals surface area contributed by atoms with Crippen molar-refractivity contribution in [1.29, 1.82) is 0 Å². The molecule has 0 amide bonds. The Hall–Kier alpha value is -1.60. The molecule has 98 valence electrons. The van der Waals surface area contributed by atoms with Gasteiger partial charge in [0, 0.05) is 6.42 Å². The van der Waals surface area contributed by atoms with E-state index in [-0.39, 0.29) is 17.7 Å². The largest absolute Gasteiger partial charge is 0.478 e. The monoisotopic (exact) mass is 271 g/mol. The first kappa shape index (κ1) is 12.8. The van der Waals surface area contributed by atoms with Crippen LogP contribution >= 0.6 is 0 Å². The van der Waals surface area contributed by atoms with Crippen LogP contribution in [0.4, 0.5) is 0 Å². The lowest BCUT2D eigenvalue weighted by molar-refractivity contribution is 0.0689. The molecule has 0 bridgehead atoms. The van der Waals surface area contributed by atoms with Crippen molar-refractivity contribution >= 4 is 16.0 Å². The number of hydrogen-bond acceptors (Lipinski definition) is 4. The minimum absolute atomic E-state index is 0.0293. The Morgan fingerprint density at radius 2 is 2.17 bits per heavy atom. The number of benzene rings is 1. The van der Waals surface area contributed by atoms with Gasteiger partial charge in [-0.05, 0) is 30.5 Å². The molecule has 1 aliphatic heterocycles. The van der Waals surface area contributed by atoms with Gasteiger partial charge in [0.1, 0.15) is 11.3 Å². The summed E-state index contributed by atoms with van der Waals surface area (Å²) in [6.07, 6.45) is 0.659. The summed E-state index contributed by atoms with van der Waals surface area (Å²) in [7, 11) is -3.84. The van der Waals surface area contributed by atoms with Crippen LogP contribution in [0.3, 0.4) is 0 Å². The molecule has 0 saturated carbocycles.